The predicted molar refractivity (Wildman–Crippen MR) is 130 cm³/mol. The van der Waals surface area contributed by atoms with Crippen LogP contribution in [0.25, 0.3) is 0 Å². The molecule has 2 aromatic rings. The van der Waals surface area contributed by atoms with Crippen molar-refractivity contribution in [2.45, 2.75) is 64.1 Å². The number of nitrogens with zero attached hydrogens (tertiary/aromatic N) is 1. The summed E-state index contributed by atoms with van der Waals surface area (Å²) in [5.74, 6) is 1.32. The monoisotopic (exact) mass is 472 g/mol. The topological polar surface area (TPSA) is 67.9 Å². The summed E-state index contributed by atoms with van der Waals surface area (Å²) in [5, 5.41) is 3.76. The molecule has 0 saturated heterocycles. The summed E-state index contributed by atoms with van der Waals surface area (Å²) in [7, 11) is 1.62. The second-order valence-corrected chi connectivity index (χ2v) is 8.88. The Morgan fingerprint density at radius 3 is 2.33 bits per heavy atom. The normalized spacial score (nSPS) is 14.5. The molecule has 2 amide bonds. The van der Waals surface area contributed by atoms with Crippen molar-refractivity contribution in [2.24, 2.45) is 0 Å². The minimum atomic E-state index is -0.559. The zero-order chi connectivity index (χ0) is 23.6. The molecule has 1 N–H and O–H groups in total. The van der Waals surface area contributed by atoms with Crippen molar-refractivity contribution < 1.29 is 19.1 Å². The first kappa shape index (κ1) is 24.9. The molecule has 0 spiro atoms. The number of methoxy groups -OCH3 is 1. The maximum absolute atomic E-state index is 13.1. The number of hydrogen-bond acceptors (Lipinski definition) is 4. The van der Waals surface area contributed by atoms with Gasteiger partial charge in [-0.1, -0.05) is 36.6 Å². The minimum Gasteiger partial charge on any atom is -0.497 e. The zero-order valence-electron chi connectivity index (χ0n) is 19.4. The molecule has 0 aromatic heterocycles. The van der Waals surface area contributed by atoms with E-state index < -0.39 is 6.04 Å². The van der Waals surface area contributed by atoms with Crippen molar-refractivity contribution in [1.29, 1.82) is 0 Å². The number of halogens is 1. The maximum atomic E-state index is 13.1. The van der Waals surface area contributed by atoms with E-state index in [9.17, 15) is 9.59 Å². The fourth-order valence-electron chi connectivity index (χ4n) is 3.99. The molecular weight excluding hydrogens is 440 g/mol. The first-order valence-electron chi connectivity index (χ1n) is 11.6. The summed E-state index contributed by atoms with van der Waals surface area (Å²) in [6.07, 6.45) is 5.14. The van der Waals surface area contributed by atoms with Crippen LogP contribution in [0.3, 0.4) is 0 Å². The third kappa shape index (κ3) is 7.67. The quantitative estimate of drug-likeness (QED) is 0.468. The van der Waals surface area contributed by atoms with Gasteiger partial charge in [0.25, 0.3) is 0 Å². The largest absolute Gasteiger partial charge is 0.497 e. The number of carbonyl (C=O) groups excluding carboxylic acids is 2. The van der Waals surface area contributed by atoms with E-state index in [1.54, 1.807) is 31.1 Å². The predicted octanol–water partition coefficient (Wildman–Crippen LogP) is 4.98. The molecule has 6 nitrogen and oxygen atoms in total. The Balaban J connectivity index is 1.57. The van der Waals surface area contributed by atoms with Gasteiger partial charge in [0.05, 0.1) is 13.7 Å². The van der Waals surface area contributed by atoms with E-state index in [0.29, 0.717) is 31.0 Å². The highest BCUT2D eigenvalue weighted by atomic mass is 35.5. The van der Waals surface area contributed by atoms with E-state index in [0.717, 1.165) is 42.7 Å². The SMILES string of the molecule is COc1ccc(OCCCC(=O)N(Cc2ccc(Cl)cc2)[C@@H](C)C(=O)NC2CCCC2)cc1. The number of rotatable bonds is 11. The molecule has 0 bridgehead atoms. The lowest BCUT2D eigenvalue weighted by Crippen LogP contribution is -2.49. The Bertz CT molecular complexity index is 896. The first-order valence-corrected chi connectivity index (χ1v) is 11.9. The van der Waals surface area contributed by atoms with Crippen LogP contribution in [0, 0.1) is 0 Å². The average Bonchev–Trinajstić information content (AvgIpc) is 3.34. The Kier molecular flexibility index (Phi) is 9.43. The Labute approximate surface area is 201 Å². The number of hydrogen-bond donors (Lipinski definition) is 1. The number of nitrogens with one attached hydrogen (secondary N) is 1. The summed E-state index contributed by atoms with van der Waals surface area (Å²) >= 11 is 6.01. The standard InChI is InChI=1S/C26H33ClN2O4/c1-19(26(31)28-22-6-3-4-7-22)29(18-20-9-11-21(27)12-10-20)25(30)8-5-17-33-24-15-13-23(32-2)14-16-24/h9-16,19,22H,3-8,17-18H2,1-2H3,(H,28,31)/t19-/m0/s1. The lowest BCUT2D eigenvalue weighted by molar-refractivity contribution is -0.141. The lowest BCUT2D eigenvalue weighted by atomic mass is 10.1. The van der Waals surface area contributed by atoms with Gasteiger partial charge in [-0.2, -0.15) is 0 Å². The van der Waals surface area contributed by atoms with Crippen LogP contribution in [-0.4, -0.2) is 42.5 Å². The van der Waals surface area contributed by atoms with Crippen LogP contribution in [0.1, 0.15) is 51.0 Å². The van der Waals surface area contributed by atoms with Crippen LogP contribution in [-0.2, 0) is 16.1 Å². The summed E-state index contributed by atoms with van der Waals surface area (Å²) in [6.45, 7) is 2.57. The third-order valence-corrected chi connectivity index (χ3v) is 6.25. The number of ether oxygens (including phenoxy) is 2. The molecule has 1 aliphatic carbocycles. The second-order valence-electron chi connectivity index (χ2n) is 8.44. The Hall–Kier alpha value is -2.73. The second kappa shape index (κ2) is 12.5. The number of carbonyl (C=O) groups is 2. The van der Waals surface area contributed by atoms with Gasteiger partial charge in [-0.15, -0.1) is 0 Å². The summed E-state index contributed by atoms with van der Waals surface area (Å²) < 4.78 is 10.9. The fraction of sp³-hybridized carbons (Fsp3) is 0.462. The van der Waals surface area contributed by atoms with Gasteiger partial charge >= 0.3 is 0 Å². The van der Waals surface area contributed by atoms with Crippen LogP contribution in [0.5, 0.6) is 11.5 Å². The molecule has 1 saturated carbocycles. The van der Waals surface area contributed by atoms with Crippen molar-refractivity contribution in [3.63, 3.8) is 0 Å². The van der Waals surface area contributed by atoms with Gasteiger partial charge in [-0.25, -0.2) is 0 Å². The fourth-order valence-corrected chi connectivity index (χ4v) is 4.12. The van der Waals surface area contributed by atoms with Crippen LogP contribution in [0.15, 0.2) is 48.5 Å². The highest BCUT2D eigenvalue weighted by molar-refractivity contribution is 6.30. The average molecular weight is 473 g/mol. The molecule has 0 unspecified atom stereocenters. The molecule has 7 heteroatoms. The van der Waals surface area contributed by atoms with Crippen molar-refractivity contribution in [3.05, 3.63) is 59.1 Å². The zero-order valence-corrected chi connectivity index (χ0v) is 20.1. The van der Waals surface area contributed by atoms with Gasteiger partial charge in [0.15, 0.2) is 0 Å². The smallest absolute Gasteiger partial charge is 0.242 e. The molecule has 2 aromatic carbocycles. The van der Waals surface area contributed by atoms with Crippen molar-refractivity contribution in [3.8, 4) is 11.5 Å². The molecule has 1 fully saturated rings. The van der Waals surface area contributed by atoms with Crippen molar-refractivity contribution in [2.75, 3.05) is 13.7 Å². The first-order chi connectivity index (χ1) is 16.0. The molecule has 0 heterocycles. The van der Waals surface area contributed by atoms with Gasteiger partial charge in [-0.3, -0.25) is 9.59 Å². The highest BCUT2D eigenvalue weighted by Crippen LogP contribution is 2.20. The van der Waals surface area contributed by atoms with E-state index in [4.69, 9.17) is 21.1 Å². The van der Waals surface area contributed by atoms with Gasteiger partial charge in [0.1, 0.15) is 17.5 Å². The number of benzene rings is 2. The third-order valence-electron chi connectivity index (χ3n) is 6.00. The van der Waals surface area contributed by atoms with Gasteiger partial charge in [0.2, 0.25) is 11.8 Å². The minimum absolute atomic E-state index is 0.0719. The van der Waals surface area contributed by atoms with E-state index in [1.165, 1.54) is 0 Å². The van der Waals surface area contributed by atoms with Crippen molar-refractivity contribution >= 4 is 23.4 Å². The van der Waals surface area contributed by atoms with Crippen LogP contribution < -0.4 is 14.8 Å². The molecule has 3 rings (SSSR count). The van der Waals surface area contributed by atoms with E-state index in [2.05, 4.69) is 5.32 Å². The van der Waals surface area contributed by atoms with Gasteiger partial charge in [0, 0.05) is 24.0 Å². The molecule has 0 radical (unpaired) electrons. The van der Waals surface area contributed by atoms with Gasteiger partial charge in [-0.05, 0) is 68.1 Å². The molecular formula is C26H33ClN2O4. The Morgan fingerprint density at radius 2 is 1.70 bits per heavy atom. The molecule has 178 valence electrons. The van der Waals surface area contributed by atoms with E-state index in [1.807, 2.05) is 36.4 Å². The summed E-state index contributed by atoms with van der Waals surface area (Å²) in [5.41, 5.74) is 0.933. The number of amides is 2. The van der Waals surface area contributed by atoms with Gasteiger partial charge < -0.3 is 19.7 Å². The molecule has 0 aliphatic heterocycles. The van der Waals surface area contributed by atoms with Crippen LogP contribution >= 0.6 is 11.6 Å². The van der Waals surface area contributed by atoms with E-state index >= 15 is 0 Å². The van der Waals surface area contributed by atoms with Crippen LogP contribution in [0.4, 0.5) is 0 Å². The Morgan fingerprint density at radius 1 is 1.06 bits per heavy atom. The summed E-state index contributed by atoms with van der Waals surface area (Å²) in [6, 6.07) is 14.4. The molecule has 1 atom stereocenters. The highest BCUT2D eigenvalue weighted by Gasteiger charge is 2.28. The van der Waals surface area contributed by atoms with Crippen molar-refractivity contribution in [1.82, 2.24) is 10.2 Å². The molecule has 1 aliphatic rings. The lowest BCUT2D eigenvalue weighted by Gasteiger charge is -2.30. The maximum Gasteiger partial charge on any atom is 0.242 e. The molecule has 33 heavy (non-hydrogen) atoms. The van der Waals surface area contributed by atoms with E-state index in [-0.39, 0.29) is 17.9 Å². The summed E-state index contributed by atoms with van der Waals surface area (Å²) in [4.78, 5) is 27.7. The van der Waals surface area contributed by atoms with Crippen LogP contribution in [0.2, 0.25) is 5.02 Å².